The summed E-state index contributed by atoms with van der Waals surface area (Å²) in [5.41, 5.74) is 1.45. The number of hydrogen-bond acceptors (Lipinski definition) is 7. The van der Waals surface area contributed by atoms with Crippen LogP contribution in [-0.2, 0) is 22.6 Å². The van der Waals surface area contributed by atoms with E-state index in [4.69, 9.17) is 14.2 Å². The maximum Gasteiger partial charge on any atom is 0.262 e. The van der Waals surface area contributed by atoms with E-state index in [2.05, 4.69) is 10.3 Å². The highest BCUT2D eigenvalue weighted by Gasteiger charge is 2.21. The zero-order valence-corrected chi connectivity index (χ0v) is 18.2. The minimum atomic E-state index is -0.140. The molecule has 1 aromatic heterocycles. The third kappa shape index (κ3) is 4.44. The lowest BCUT2D eigenvalue weighted by atomic mass is 10.2. The van der Waals surface area contributed by atoms with Crippen molar-refractivity contribution in [1.82, 2.24) is 14.9 Å². The zero-order valence-electron chi connectivity index (χ0n) is 17.4. The number of ether oxygens (including phenoxy) is 3. The molecule has 1 saturated heterocycles. The Morgan fingerprint density at radius 2 is 2.06 bits per heavy atom. The summed E-state index contributed by atoms with van der Waals surface area (Å²) in [6.07, 6.45) is 1.90. The average Bonchev–Trinajstić information content (AvgIpc) is 3.50. The Hall–Kier alpha value is -3.04. The van der Waals surface area contributed by atoms with E-state index in [1.807, 2.05) is 36.4 Å². The number of para-hydroxylation sites is 1. The molecular formula is C23H23N3O5S. The summed E-state index contributed by atoms with van der Waals surface area (Å²) >= 11 is 1.26. The van der Waals surface area contributed by atoms with Gasteiger partial charge in [-0.05, 0) is 42.7 Å². The van der Waals surface area contributed by atoms with E-state index in [0.717, 1.165) is 18.4 Å². The van der Waals surface area contributed by atoms with Crippen molar-refractivity contribution in [3.63, 3.8) is 0 Å². The van der Waals surface area contributed by atoms with Crippen LogP contribution in [0.3, 0.4) is 0 Å². The summed E-state index contributed by atoms with van der Waals surface area (Å²) < 4.78 is 18.1. The summed E-state index contributed by atoms with van der Waals surface area (Å²) in [6, 6.07) is 12.9. The first-order valence-corrected chi connectivity index (χ1v) is 11.5. The van der Waals surface area contributed by atoms with E-state index in [1.54, 1.807) is 10.6 Å². The minimum Gasteiger partial charge on any atom is -0.454 e. The normalized spacial score (nSPS) is 17.1. The van der Waals surface area contributed by atoms with Crippen LogP contribution in [0.2, 0.25) is 0 Å². The Labute approximate surface area is 188 Å². The number of nitrogens with zero attached hydrogens (tertiary/aromatic N) is 2. The molecule has 3 aromatic rings. The molecule has 0 bridgehead atoms. The van der Waals surface area contributed by atoms with Crippen molar-refractivity contribution in [2.75, 3.05) is 19.2 Å². The lowest BCUT2D eigenvalue weighted by Crippen LogP contribution is -2.30. The highest BCUT2D eigenvalue weighted by Crippen LogP contribution is 2.32. The van der Waals surface area contributed by atoms with Crippen molar-refractivity contribution >= 4 is 28.6 Å². The Balaban J connectivity index is 1.28. The molecule has 3 heterocycles. The summed E-state index contributed by atoms with van der Waals surface area (Å²) in [5, 5.41) is 4.01. The predicted octanol–water partition coefficient (Wildman–Crippen LogP) is 2.71. The molecule has 0 radical (unpaired) electrons. The molecule has 0 spiro atoms. The highest BCUT2D eigenvalue weighted by atomic mass is 32.2. The zero-order chi connectivity index (χ0) is 21.9. The molecule has 1 fully saturated rings. The van der Waals surface area contributed by atoms with Crippen LogP contribution in [0.15, 0.2) is 52.4 Å². The fraction of sp³-hybridized carbons (Fsp3) is 0.348. The van der Waals surface area contributed by atoms with Crippen molar-refractivity contribution in [2.24, 2.45) is 0 Å². The fourth-order valence-electron chi connectivity index (χ4n) is 3.84. The van der Waals surface area contributed by atoms with Crippen LogP contribution in [0.1, 0.15) is 18.4 Å². The molecule has 9 heteroatoms. The second-order valence-corrected chi connectivity index (χ2v) is 8.66. The van der Waals surface area contributed by atoms with Gasteiger partial charge >= 0.3 is 0 Å². The number of carbonyl (C=O) groups is 1. The third-order valence-corrected chi connectivity index (χ3v) is 6.47. The molecule has 2 aromatic carbocycles. The van der Waals surface area contributed by atoms with Crippen LogP contribution in [-0.4, -0.2) is 40.7 Å². The lowest BCUT2D eigenvalue weighted by Gasteiger charge is -2.16. The smallest absolute Gasteiger partial charge is 0.262 e. The first-order valence-electron chi connectivity index (χ1n) is 10.6. The molecule has 2 aliphatic rings. The Morgan fingerprint density at radius 3 is 2.94 bits per heavy atom. The number of benzene rings is 2. The van der Waals surface area contributed by atoms with Crippen molar-refractivity contribution < 1.29 is 19.0 Å². The predicted molar refractivity (Wildman–Crippen MR) is 120 cm³/mol. The first-order chi connectivity index (χ1) is 15.7. The molecule has 0 unspecified atom stereocenters. The molecular weight excluding hydrogens is 430 g/mol. The van der Waals surface area contributed by atoms with Gasteiger partial charge in [0.25, 0.3) is 5.56 Å². The lowest BCUT2D eigenvalue weighted by molar-refractivity contribution is -0.118. The molecule has 32 heavy (non-hydrogen) atoms. The minimum absolute atomic E-state index is 0.00477. The van der Waals surface area contributed by atoms with Crippen LogP contribution in [0.5, 0.6) is 11.5 Å². The maximum absolute atomic E-state index is 13.1. The summed E-state index contributed by atoms with van der Waals surface area (Å²) in [6.45, 7) is 1.75. The van der Waals surface area contributed by atoms with Gasteiger partial charge < -0.3 is 19.5 Å². The van der Waals surface area contributed by atoms with Gasteiger partial charge in [0.05, 0.1) is 29.3 Å². The number of amides is 1. The molecule has 166 valence electrons. The number of rotatable bonds is 7. The van der Waals surface area contributed by atoms with Gasteiger partial charge in [0.2, 0.25) is 12.7 Å². The van der Waals surface area contributed by atoms with Gasteiger partial charge in [0.1, 0.15) is 0 Å². The number of fused-ring (bicyclic) bond motifs is 2. The molecule has 1 atom stereocenters. The summed E-state index contributed by atoms with van der Waals surface area (Å²) in [5.74, 6) is 1.41. The fourth-order valence-corrected chi connectivity index (χ4v) is 4.68. The van der Waals surface area contributed by atoms with E-state index in [1.165, 1.54) is 11.8 Å². The van der Waals surface area contributed by atoms with Gasteiger partial charge in [0.15, 0.2) is 16.7 Å². The monoisotopic (exact) mass is 453 g/mol. The summed E-state index contributed by atoms with van der Waals surface area (Å²) in [4.78, 5) is 30.3. The van der Waals surface area contributed by atoms with E-state index >= 15 is 0 Å². The van der Waals surface area contributed by atoms with Gasteiger partial charge in [-0.2, -0.15) is 0 Å². The third-order valence-electron chi connectivity index (χ3n) is 5.50. The topological polar surface area (TPSA) is 91.7 Å². The Kier molecular flexibility index (Phi) is 6.00. The summed E-state index contributed by atoms with van der Waals surface area (Å²) in [7, 11) is 0. The van der Waals surface area contributed by atoms with Crippen molar-refractivity contribution in [3.05, 3.63) is 58.4 Å². The molecule has 0 saturated carbocycles. The molecule has 8 nitrogen and oxygen atoms in total. The Morgan fingerprint density at radius 1 is 1.19 bits per heavy atom. The van der Waals surface area contributed by atoms with Crippen LogP contribution in [0.25, 0.3) is 10.9 Å². The quantitative estimate of drug-likeness (QED) is 0.434. The van der Waals surface area contributed by atoms with Gasteiger partial charge in [-0.25, -0.2) is 4.98 Å². The van der Waals surface area contributed by atoms with Gasteiger partial charge in [-0.1, -0.05) is 30.0 Å². The van der Waals surface area contributed by atoms with E-state index < -0.39 is 0 Å². The van der Waals surface area contributed by atoms with Gasteiger partial charge in [0, 0.05) is 13.2 Å². The van der Waals surface area contributed by atoms with E-state index in [0.29, 0.717) is 47.3 Å². The standard InChI is InChI=1S/C23H23N3O5S/c27-21(24-11-15-7-8-19-20(10-15)31-14-30-19)13-32-23-25-18-6-2-1-5-17(18)22(28)26(23)12-16-4-3-9-29-16/h1-2,5-8,10,16H,3-4,9,11-14H2,(H,24,27)/t16-/m0/s1. The number of thioether (sulfide) groups is 1. The second kappa shape index (κ2) is 9.22. The van der Waals surface area contributed by atoms with E-state index in [9.17, 15) is 9.59 Å². The van der Waals surface area contributed by atoms with Crippen molar-refractivity contribution in [2.45, 2.75) is 37.2 Å². The molecule has 1 N–H and O–H groups in total. The van der Waals surface area contributed by atoms with Gasteiger partial charge in [-0.15, -0.1) is 0 Å². The van der Waals surface area contributed by atoms with Crippen molar-refractivity contribution in [3.8, 4) is 11.5 Å². The number of nitrogens with one attached hydrogen (secondary N) is 1. The molecule has 1 amide bonds. The van der Waals surface area contributed by atoms with Crippen molar-refractivity contribution in [1.29, 1.82) is 0 Å². The largest absolute Gasteiger partial charge is 0.454 e. The maximum atomic E-state index is 13.1. The molecule has 0 aliphatic carbocycles. The average molecular weight is 454 g/mol. The first kappa shape index (κ1) is 20.8. The van der Waals surface area contributed by atoms with Crippen LogP contribution < -0.4 is 20.3 Å². The van der Waals surface area contributed by atoms with Crippen LogP contribution in [0.4, 0.5) is 0 Å². The SMILES string of the molecule is O=C(CSc1nc2ccccc2c(=O)n1C[C@@H]1CCCO1)NCc1ccc2c(c1)OCO2. The number of aromatic nitrogens is 2. The molecule has 2 aliphatic heterocycles. The van der Waals surface area contributed by atoms with Gasteiger partial charge in [-0.3, -0.25) is 14.2 Å². The highest BCUT2D eigenvalue weighted by molar-refractivity contribution is 7.99. The van der Waals surface area contributed by atoms with Crippen LogP contribution >= 0.6 is 11.8 Å². The number of carbonyl (C=O) groups excluding carboxylic acids is 1. The van der Waals surface area contributed by atoms with E-state index in [-0.39, 0.29) is 30.1 Å². The van der Waals surface area contributed by atoms with Crippen LogP contribution in [0, 0.1) is 0 Å². The molecule has 5 rings (SSSR count). The Bertz CT molecular complexity index is 1210. The second-order valence-electron chi connectivity index (χ2n) is 7.72. The number of hydrogen-bond donors (Lipinski definition) is 1.